The molecule has 3 rings (SSSR count). The average molecular weight is 340 g/mol. The van der Waals surface area contributed by atoms with Crippen LogP contribution in [0.25, 0.3) is 11.3 Å². The van der Waals surface area contributed by atoms with E-state index in [1.54, 1.807) is 43.0 Å². The molecule has 0 fully saturated rings. The third kappa shape index (κ3) is 3.88. The van der Waals surface area contributed by atoms with E-state index in [9.17, 15) is 4.79 Å². The Morgan fingerprint density at radius 1 is 1.25 bits per heavy atom. The number of carbonyl (C=O) groups excluding carboxylic acids is 1. The highest BCUT2D eigenvalue weighted by atomic mass is 32.1. The van der Waals surface area contributed by atoms with Crippen LogP contribution >= 0.6 is 11.3 Å². The molecule has 0 atom stereocenters. The Balaban J connectivity index is 1.65. The van der Waals surface area contributed by atoms with Crippen molar-refractivity contribution in [2.45, 2.75) is 6.54 Å². The Bertz CT molecular complexity index is 821. The van der Waals surface area contributed by atoms with Crippen molar-refractivity contribution in [3.05, 3.63) is 59.2 Å². The fraction of sp³-hybridized carbons (Fsp3) is 0.118. The second-order valence-electron chi connectivity index (χ2n) is 4.90. The lowest BCUT2D eigenvalue weighted by Gasteiger charge is -2.10. The minimum Gasteiger partial charge on any atom is -0.497 e. The van der Waals surface area contributed by atoms with Crippen molar-refractivity contribution in [1.82, 2.24) is 15.3 Å². The molecule has 1 aromatic carbocycles. The number of amides is 2. The van der Waals surface area contributed by atoms with Crippen molar-refractivity contribution in [1.29, 1.82) is 0 Å². The van der Waals surface area contributed by atoms with Gasteiger partial charge in [0.2, 0.25) is 0 Å². The zero-order valence-electron chi connectivity index (χ0n) is 13.0. The molecule has 0 bridgehead atoms. The van der Waals surface area contributed by atoms with Crippen LogP contribution in [0.3, 0.4) is 0 Å². The van der Waals surface area contributed by atoms with Crippen molar-refractivity contribution in [2.75, 3.05) is 12.4 Å². The molecule has 0 spiro atoms. The van der Waals surface area contributed by atoms with Crippen LogP contribution in [0.5, 0.6) is 5.75 Å². The summed E-state index contributed by atoms with van der Waals surface area (Å²) in [6, 6.07) is 8.83. The SMILES string of the molecule is COc1cccc(NC(=O)NCc2nccnc2-c2ccsc2)c1. The number of anilines is 1. The average Bonchev–Trinajstić information content (AvgIpc) is 3.15. The summed E-state index contributed by atoms with van der Waals surface area (Å²) in [7, 11) is 1.58. The van der Waals surface area contributed by atoms with E-state index in [2.05, 4.69) is 20.6 Å². The topological polar surface area (TPSA) is 76.1 Å². The number of thiophene rings is 1. The van der Waals surface area contributed by atoms with Crippen LogP contribution in [0, 0.1) is 0 Å². The number of hydrogen-bond donors (Lipinski definition) is 2. The predicted molar refractivity (Wildman–Crippen MR) is 94.2 cm³/mol. The standard InChI is InChI=1S/C17H16N4O2S/c1-23-14-4-2-3-13(9-14)21-17(22)20-10-15-16(19-7-6-18-15)12-5-8-24-11-12/h2-9,11H,10H2,1H3,(H2,20,21,22). The monoisotopic (exact) mass is 340 g/mol. The molecule has 3 aromatic rings. The minimum absolute atomic E-state index is 0.287. The lowest BCUT2D eigenvalue weighted by atomic mass is 10.2. The Morgan fingerprint density at radius 3 is 2.92 bits per heavy atom. The molecule has 2 aromatic heterocycles. The summed E-state index contributed by atoms with van der Waals surface area (Å²) < 4.78 is 5.13. The van der Waals surface area contributed by atoms with Crippen LogP contribution in [0.15, 0.2) is 53.5 Å². The number of nitrogens with zero attached hydrogens (tertiary/aromatic N) is 2. The smallest absolute Gasteiger partial charge is 0.319 e. The van der Waals surface area contributed by atoms with E-state index >= 15 is 0 Å². The number of aromatic nitrogens is 2. The quantitative estimate of drug-likeness (QED) is 0.745. The van der Waals surface area contributed by atoms with E-state index < -0.39 is 0 Å². The first-order chi connectivity index (χ1) is 11.8. The number of nitrogens with one attached hydrogen (secondary N) is 2. The number of rotatable bonds is 5. The lowest BCUT2D eigenvalue weighted by molar-refractivity contribution is 0.251. The zero-order valence-corrected chi connectivity index (χ0v) is 13.8. The van der Waals surface area contributed by atoms with Gasteiger partial charge in [-0.2, -0.15) is 11.3 Å². The summed E-state index contributed by atoms with van der Waals surface area (Å²) in [6.45, 7) is 0.287. The molecular formula is C17H16N4O2S. The van der Waals surface area contributed by atoms with Gasteiger partial charge in [0.25, 0.3) is 0 Å². The van der Waals surface area contributed by atoms with Gasteiger partial charge >= 0.3 is 6.03 Å². The molecule has 2 N–H and O–H groups in total. The first kappa shape index (κ1) is 15.9. The second kappa shape index (κ2) is 7.56. The van der Waals surface area contributed by atoms with Gasteiger partial charge in [0.15, 0.2) is 0 Å². The number of carbonyl (C=O) groups is 1. The molecule has 0 saturated carbocycles. The maximum absolute atomic E-state index is 12.1. The molecule has 24 heavy (non-hydrogen) atoms. The normalized spacial score (nSPS) is 10.2. The molecule has 7 heteroatoms. The molecule has 0 aliphatic carbocycles. The van der Waals surface area contributed by atoms with Gasteiger partial charge in [-0.3, -0.25) is 9.97 Å². The first-order valence-corrected chi connectivity index (χ1v) is 8.22. The molecule has 6 nitrogen and oxygen atoms in total. The number of ether oxygens (including phenoxy) is 1. The summed E-state index contributed by atoms with van der Waals surface area (Å²) in [6.07, 6.45) is 3.26. The van der Waals surface area contributed by atoms with Crippen LogP contribution in [0.2, 0.25) is 0 Å². The Labute approximate surface area is 143 Å². The molecule has 0 saturated heterocycles. The molecular weight excluding hydrogens is 324 g/mol. The first-order valence-electron chi connectivity index (χ1n) is 7.27. The highest BCUT2D eigenvalue weighted by molar-refractivity contribution is 7.08. The van der Waals surface area contributed by atoms with E-state index in [4.69, 9.17) is 4.74 Å². The van der Waals surface area contributed by atoms with Crippen molar-refractivity contribution >= 4 is 23.1 Å². The van der Waals surface area contributed by atoms with Gasteiger partial charge in [-0.1, -0.05) is 6.07 Å². The van der Waals surface area contributed by atoms with E-state index in [0.717, 1.165) is 17.0 Å². The molecule has 122 valence electrons. The Kier molecular flexibility index (Phi) is 5.02. The van der Waals surface area contributed by atoms with Crippen LogP contribution in [-0.4, -0.2) is 23.1 Å². The van der Waals surface area contributed by atoms with E-state index in [-0.39, 0.29) is 12.6 Å². The lowest BCUT2D eigenvalue weighted by Crippen LogP contribution is -2.28. The summed E-state index contributed by atoms with van der Waals surface area (Å²) >= 11 is 1.59. The van der Waals surface area contributed by atoms with Crippen LogP contribution < -0.4 is 15.4 Å². The van der Waals surface area contributed by atoms with Gasteiger partial charge in [0, 0.05) is 35.1 Å². The summed E-state index contributed by atoms with van der Waals surface area (Å²) in [5.41, 5.74) is 3.15. The molecule has 0 aliphatic rings. The van der Waals surface area contributed by atoms with Gasteiger partial charge in [0.1, 0.15) is 5.75 Å². The third-order valence-corrected chi connectivity index (χ3v) is 4.00. The molecule has 0 unspecified atom stereocenters. The Hall–Kier alpha value is -2.93. The number of methoxy groups -OCH3 is 1. The number of benzene rings is 1. The van der Waals surface area contributed by atoms with Crippen LogP contribution in [0.4, 0.5) is 10.5 Å². The van der Waals surface area contributed by atoms with Crippen molar-refractivity contribution in [3.63, 3.8) is 0 Å². The summed E-state index contributed by atoms with van der Waals surface area (Å²) in [5.74, 6) is 0.682. The maximum atomic E-state index is 12.1. The van der Waals surface area contributed by atoms with Crippen LogP contribution in [-0.2, 0) is 6.54 Å². The number of hydrogen-bond acceptors (Lipinski definition) is 5. The highest BCUT2D eigenvalue weighted by Gasteiger charge is 2.10. The van der Waals surface area contributed by atoms with Crippen molar-refractivity contribution < 1.29 is 9.53 Å². The zero-order chi connectivity index (χ0) is 16.8. The molecule has 0 aliphatic heterocycles. The van der Waals surface area contributed by atoms with E-state index in [0.29, 0.717) is 11.4 Å². The van der Waals surface area contributed by atoms with E-state index in [1.807, 2.05) is 29.0 Å². The summed E-state index contributed by atoms with van der Waals surface area (Å²) in [4.78, 5) is 20.8. The van der Waals surface area contributed by atoms with Crippen LogP contribution in [0.1, 0.15) is 5.69 Å². The Morgan fingerprint density at radius 2 is 2.12 bits per heavy atom. The summed E-state index contributed by atoms with van der Waals surface area (Å²) in [5, 5.41) is 9.55. The second-order valence-corrected chi connectivity index (χ2v) is 5.68. The molecule has 2 amide bonds. The third-order valence-electron chi connectivity index (χ3n) is 3.31. The maximum Gasteiger partial charge on any atom is 0.319 e. The fourth-order valence-electron chi connectivity index (χ4n) is 2.18. The van der Waals surface area contributed by atoms with Gasteiger partial charge in [-0.05, 0) is 23.6 Å². The minimum atomic E-state index is -0.315. The van der Waals surface area contributed by atoms with Crippen molar-refractivity contribution in [2.24, 2.45) is 0 Å². The molecule has 2 heterocycles. The van der Waals surface area contributed by atoms with Gasteiger partial charge in [-0.15, -0.1) is 0 Å². The highest BCUT2D eigenvalue weighted by Crippen LogP contribution is 2.22. The molecule has 0 radical (unpaired) electrons. The number of urea groups is 1. The van der Waals surface area contributed by atoms with Gasteiger partial charge in [0.05, 0.1) is 25.0 Å². The van der Waals surface area contributed by atoms with Crippen molar-refractivity contribution in [3.8, 4) is 17.0 Å². The van der Waals surface area contributed by atoms with Gasteiger partial charge in [-0.25, -0.2) is 4.79 Å². The predicted octanol–water partition coefficient (Wildman–Crippen LogP) is 3.54. The fourth-order valence-corrected chi connectivity index (χ4v) is 2.82. The van der Waals surface area contributed by atoms with E-state index in [1.165, 1.54) is 0 Å². The van der Waals surface area contributed by atoms with Gasteiger partial charge < -0.3 is 15.4 Å². The largest absolute Gasteiger partial charge is 0.497 e.